The number of pyridine rings is 1. The van der Waals surface area contributed by atoms with Crippen molar-refractivity contribution in [2.75, 3.05) is 25.4 Å². The van der Waals surface area contributed by atoms with Gasteiger partial charge in [0.05, 0.1) is 24.4 Å². The molecule has 1 aromatic carbocycles. The Morgan fingerprint density at radius 3 is 2.78 bits per heavy atom. The maximum atomic E-state index is 5.85. The zero-order valence-electron chi connectivity index (χ0n) is 18.4. The summed E-state index contributed by atoms with van der Waals surface area (Å²) >= 11 is 5.85. The number of hydrogen-bond acceptors (Lipinski definition) is 5. The summed E-state index contributed by atoms with van der Waals surface area (Å²) in [7, 11) is 1.73. The highest BCUT2D eigenvalue weighted by molar-refractivity contribution is 7.80. The molecule has 3 aromatic rings. The van der Waals surface area contributed by atoms with Gasteiger partial charge in [0.25, 0.3) is 0 Å². The molecule has 7 nitrogen and oxygen atoms in total. The van der Waals surface area contributed by atoms with E-state index in [1.807, 2.05) is 42.6 Å². The molecule has 5 rings (SSSR count). The number of nitrogens with zero attached hydrogens (tertiary/aromatic N) is 3. The fourth-order valence-electron chi connectivity index (χ4n) is 4.64. The molecular weight excluding hydrogens is 424 g/mol. The van der Waals surface area contributed by atoms with Crippen LogP contribution in [0.15, 0.2) is 48.7 Å². The van der Waals surface area contributed by atoms with Gasteiger partial charge in [-0.2, -0.15) is 0 Å². The van der Waals surface area contributed by atoms with E-state index in [1.165, 1.54) is 17.0 Å². The SMILES string of the molecule is COCCn1c(C)cc(C2C(c3ccccn3)NC(=S)N2c2ccc3c(c2)OCO3)c1C. The van der Waals surface area contributed by atoms with E-state index in [-0.39, 0.29) is 18.9 Å². The highest BCUT2D eigenvalue weighted by atomic mass is 32.1. The van der Waals surface area contributed by atoms with Crippen LogP contribution in [-0.2, 0) is 11.3 Å². The van der Waals surface area contributed by atoms with E-state index in [2.05, 4.69) is 39.7 Å². The minimum atomic E-state index is -0.0921. The number of fused-ring (bicyclic) bond motifs is 1. The first-order valence-electron chi connectivity index (χ1n) is 10.6. The summed E-state index contributed by atoms with van der Waals surface area (Å²) in [6, 6.07) is 14.0. The Kier molecular flexibility index (Phi) is 5.48. The molecule has 4 heterocycles. The Bertz CT molecular complexity index is 1150. The minimum absolute atomic E-state index is 0.0692. The van der Waals surface area contributed by atoms with Crippen molar-refractivity contribution in [2.24, 2.45) is 0 Å². The molecule has 32 heavy (non-hydrogen) atoms. The number of benzene rings is 1. The number of methoxy groups -OCH3 is 1. The second-order valence-electron chi connectivity index (χ2n) is 8.01. The molecule has 0 bridgehead atoms. The molecule has 2 aliphatic heterocycles. The van der Waals surface area contributed by atoms with Crippen molar-refractivity contribution >= 4 is 23.0 Å². The van der Waals surface area contributed by atoms with Crippen LogP contribution in [0.3, 0.4) is 0 Å². The van der Waals surface area contributed by atoms with Crippen LogP contribution in [0, 0.1) is 13.8 Å². The summed E-state index contributed by atoms with van der Waals surface area (Å²) in [4.78, 5) is 6.81. The molecular formula is C24H26N4O3S. The molecule has 2 unspecified atom stereocenters. The van der Waals surface area contributed by atoms with Crippen molar-refractivity contribution in [1.29, 1.82) is 0 Å². The number of aryl methyl sites for hydroxylation is 1. The predicted molar refractivity (Wildman–Crippen MR) is 126 cm³/mol. The molecule has 2 aromatic heterocycles. The summed E-state index contributed by atoms with van der Waals surface area (Å²) < 4.78 is 18.8. The zero-order chi connectivity index (χ0) is 22.2. The Hall–Kier alpha value is -3.10. The normalized spacial score (nSPS) is 19.5. The molecule has 0 amide bonds. The standard InChI is InChI=1S/C24H26N4O3S/c1-15-12-18(16(2)27(15)10-11-29-3)23-22(19-6-4-5-9-25-19)26-24(32)28(23)17-7-8-20-21(13-17)31-14-30-20/h4-9,12-13,22-23H,10-11,14H2,1-3H3,(H,26,32). The van der Waals surface area contributed by atoms with Crippen molar-refractivity contribution in [3.05, 3.63) is 71.3 Å². The summed E-state index contributed by atoms with van der Waals surface area (Å²) in [6.07, 6.45) is 1.82. The monoisotopic (exact) mass is 450 g/mol. The van der Waals surface area contributed by atoms with Gasteiger partial charge in [-0.25, -0.2) is 0 Å². The molecule has 1 fully saturated rings. The molecule has 0 radical (unpaired) electrons. The van der Waals surface area contributed by atoms with Crippen LogP contribution in [0.4, 0.5) is 5.69 Å². The Morgan fingerprint density at radius 2 is 2.00 bits per heavy atom. The van der Waals surface area contributed by atoms with Gasteiger partial charge in [0.15, 0.2) is 16.6 Å². The van der Waals surface area contributed by atoms with E-state index in [1.54, 1.807) is 7.11 Å². The smallest absolute Gasteiger partial charge is 0.231 e. The minimum Gasteiger partial charge on any atom is -0.454 e. The van der Waals surface area contributed by atoms with Crippen molar-refractivity contribution in [3.8, 4) is 11.5 Å². The summed E-state index contributed by atoms with van der Waals surface area (Å²) in [5.41, 5.74) is 5.50. The number of aromatic nitrogens is 2. The average Bonchev–Trinajstić information content (AvgIpc) is 3.48. The van der Waals surface area contributed by atoms with Gasteiger partial charge in [-0.3, -0.25) is 4.98 Å². The Labute approximate surface area is 192 Å². The summed E-state index contributed by atoms with van der Waals surface area (Å²) in [6.45, 7) is 5.99. The van der Waals surface area contributed by atoms with Gasteiger partial charge >= 0.3 is 0 Å². The second-order valence-corrected chi connectivity index (χ2v) is 8.39. The summed E-state index contributed by atoms with van der Waals surface area (Å²) in [5, 5.41) is 4.18. The second kappa shape index (κ2) is 8.44. The number of ether oxygens (including phenoxy) is 3. The molecule has 0 spiro atoms. The van der Waals surface area contributed by atoms with Crippen LogP contribution in [0.2, 0.25) is 0 Å². The largest absolute Gasteiger partial charge is 0.454 e. The molecule has 8 heteroatoms. The van der Waals surface area contributed by atoms with Crippen LogP contribution in [0.1, 0.15) is 34.7 Å². The first-order chi connectivity index (χ1) is 15.6. The zero-order valence-corrected chi connectivity index (χ0v) is 19.2. The molecule has 0 saturated carbocycles. The fourth-order valence-corrected chi connectivity index (χ4v) is 4.98. The van der Waals surface area contributed by atoms with Crippen molar-refractivity contribution in [2.45, 2.75) is 32.5 Å². The van der Waals surface area contributed by atoms with Gasteiger partial charge < -0.3 is 29.0 Å². The maximum absolute atomic E-state index is 5.85. The van der Waals surface area contributed by atoms with Gasteiger partial charge in [0.2, 0.25) is 6.79 Å². The highest BCUT2D eigenvalue weighted by Crippen LogP contribution is 2.45. The molecule has 166 valence electrons. The third kappa shape index (κ3) is 3.49. The molecule has 1 saturated heterocycles. The van der Waals surface area contributed by atoms with Gasteiger partial charge in [-0.05, 0) is 62.0 Å². The van der Waals surface area contributed by atoms with Crippen molar-refractivity contribution in [3.63, 3.8) is 0 Å². The van der Waals surface area contributed by atoms with E-state index in [0.717, 1.165) is 29.4 Å². The Morgan fingerprint density at radius 1 is 1.16 bits per heavy atom. The molecule has 1 N–H and O–H groups in total. The lowest BCUT2D eigenvalue weighted by molar-refractivity contribution is 0.174. The van der Waals surface area contributed by atoms with E-state index in [0.29, 0.717) is 11.7 Å². The number of thiocarbonyl (C=S) groups is 1. The first-order valence-corrected chi connectivity index (χ1v) is 11.0. The fraction of sp³-hybridized carbons (Fsp3) is 0.333. The highest BCUT2D eigenvalue weighted by Gasteiger charge is 2.42. The van der Waals surface area contributed by atoms with Crippen molar-refractivity contribution in [1.82, 2.24) is 14.9 Å². The first kappa shape index (κ1) is 20.8. The van der Waals surface area contributed by atoms with Crippen LogP contribution in [-0.4, -0.2) is 35.2 Å². The average molecular weight is 451 g/mol. The number of rotatable bonds is 6. The lowest BCUT2D eigenvalue weighted by atomic mass is 9.96. The predicted octanol–water partition coefficient (Wildman–Crippen LogP) is 4.05. The number of anilines is 1. The van der Waals surface area contributed by atoms with Gasteiger partial charge in [0.1, 0.15) is 0 Å². The van der Waals surface area contributed by atoms with Crippen LogP contribution in [0.5, 0.6) is 11.5 Å². The third-order valence-electron chi connectivity index (χ3n) is 6.18. The lowest BCUT2D eigenvalue weighted by Crippen LogP contribution is -2.29. The van der Waals surface area contributed by atoms with E-state index in [4.69, 9.17) is 26.4 Å². The quantitative estimate of drug-likeness (QED) is 0.569. The van der Waals surface area contributed by atoms with E-state index >= 15 is 0 Å². The van der Waals surface area contributed by atoms with Crippen LogP contribution in [0.25, 0.3) is 0 Å². The summed E-state index contributed by atoms with van der Waals surface area (Å²) in [5.74, 6) is 1.48. The maximum Gasteiger partial charge on any atom is 0.231 e. The lowest BCUT2D eigenvalue weighted by Gasteiger charge is -2.28. The van der Waals surface area contributed by atoms with Gasteiger partial charge in [0, 0.05) is 43.0 Å². The third-order valence-corrected chi connectivity index (χ3v) is 6.50. The van der Waals surface area contributed by atoms with E-state index in [9.17, 15) is 0 Å². The van der Waals surface area contributed by atoms with Crippen LogP contribution >= 0.6 is 12.2 Å². The number of nitrogens with one attached hydrogen (secondary N) is 1. The van der Waals surface area contributed by atoms with E-state index < -0.39 is 0 Å². The topological polar surface area (TPSA) is 60.8 Å². The van der Waals surface area contributed by atoms with Crippen molar-refractivity contribution < 1.29 is 14.2 Å². The van der Waals surface area contributed by atoms with Gasteiger partial charge in [-0.1, -0.05) is 6.07 Å². The molecule has 0 aliphatic carbocycles. The van der Waals surface area contributed by atoms with Crippen LogP contribution < -0.4 is 19.7 Å². The number of hydrogen-bond donors (Lipinski definition) is 1. The Balaban J connectivity index is 1.62. The molecule has 2 atom stereocenters. The van der Waals surface area contributed by atoms with Gasteiger partial charge in [-0.15, -0.1) is 0 Å². The molecule has 2 aliphatic rings.